The number of rotatable bonds is 7. The van der Waals surface area contributed by atoms with E-state index in [1.54, 1.807) is 0 Å². The summed E-state index contributed by atoms with van der Waals surface area (Å²) >= 11 is 0. The molecule has 0 aliphatic carbocycles. The van der Waals surface area contributed by atoms with Gasteiger partial charge in [-0.1, -0.05) is 0 Å². The topological polar surface area (TPSA) is 116 Å². The van der Waals surface area contributed by atoms with Gasteiger partial charge in [0.1, 0.15) is 0 Å². The maximum absolute atomic E-state index is 5.29. The summed E-state index contributed by atoms with van der Waals surface area (Å²) in [5, 5.41) is 7.52. The molecule has 2 heterocycles. The van der Waals surface area contributed by atoms with Crippen LogP contribution in [0.1, 0.15) is 17.8 Å². The Morgan fingerprint density at radius 1 is 1.24 bits per heavy atom. The third kappa shape index (κ3) is 4.02. The first-order chi connectivity index (χ1) is 10.1. The summed E-state index contributed by atoms with van der Waals surface area (Å²) in [4.78, 5) is 12.1. The fraction of sp³-hybridized carbons (Fsp3) is 0.500. The molecule has 2 aromatic heterocycles. The number of nitrogens with two attached hydrogens (primary N) is 1. The van der Waals surface area contributed by atoms with Crippen molar-refractivity contribution in [2.45, 2.75) is 26.8 Å². The Hall–Kier alpha value is -2.42. The minimum absolute atomic E-state index is 0.207. The van der Waals surface area contributed by atoms with Crippen LogP contribution in [0.25, 0.3) is 0 Å². The molecule has 0 saturated heterocycles. The zero-order valence-corrected chi connectivity index (χ0v) is 12.4. The smallest absolute Gasteiger partial charge is 0.322 e. The van der Waals surface area contributed by atoms with Crippen LogP contribution in [0.3, 0.4) is 0 Å². The van der Waals surface area contributed by atoms with Gasteiger partial charge in [-0.05, 0) is 26.3 Å². The molecule has 0 radical (unpaired) electrons. The maximum Gasteiger partial charge on any atom is 0.322 e. The largest absolute Gasteiger partial charge is 0.467 e. The van der Waals surface area contributed by atoms with Gasteiger partial charge in [-0.3, -0.25) is 10.1 Å². The number of nitrogens with one attached hydrogen (secondary N) is 2. The quantitative estimate of drug-likeness (QED) is 0.383. The lowest BCUT2D eigenvalue weighted by molar-refractivity contribution is 0.379. The highest BCUT2D eigenvalue weighted by molar-refractivity contribution is 5.34. The van der Waals surface area contributed by atoms with Crippen molar-refractivity contribution in [2.24, 2.45) is 5.84 Å². The number of nitrogen functional groups attached to an aromatic ring is 1. The van der Waals surface area contributed by atoms with E-state index < -0.39 is 0 Å². The van der Waals surface area contributed by atoms with Crippen LogP contribution in [0.15, 0.2) is 6.07 Å². The highest BCUT2D eigenvalue weighted by Gasteiger charge is 2.05. The molecule has 4 N–H and O–H groups in total. The molecule has 114 valence electrons. The lowest BCUT2D eigenvalue weighted by Gasteiger charge is -2.08. The number of ether oxygens (including phenoxy) is 1. The van der Waals surface area contributed by atoms with Gasteiger partial charge in [0.25, 0.3) is 0 Å². The number of methoxy groups -OCH3 is 1. The van der Waals surface area contributed by atoms with E-state index in [0.29, 0.717) is 12.5 Å². The lowest BCUT2D eigenvalue weighted by atomic mass is 10.4. The van der Waals surface area contributed by atoms with Crippen molar-refractivity contribution < 1.29 is 4.74 Å². The Labute approximate surface area is 122 Å². The Morgan fingerprint density at radius 2 is 2.00 bits per heavy atom. The summed E-state index contributed by atoms with van der Waals surface area (Å²) in [7, 11) is 1.49. The highest BCUT2D eigenvalue weighted by atomic mass is 16.5. The molecule has 21 heavy (non-hydrogen) atoms. The van der Waals surface area contributed by atoms with Gasteiger partial charge in [0.2, 0.25) is 11.9 Å². The predicted molar refractivity (Wildman–Crippen MR) is 79.0 cm³/mol. The minimum atomic E-state index is 0.207. The predicted octanol–water partition coefficient (Wildman–Crippen LogP) is 0.481. The molecule has 0 spiro atoms. The van der Waals surface area contributed by atoms with E-state index in [9.17, 15) is 0 Å². The summed E-state index contributed by atoms with van der Waals surface area (Å²) in [5.41, 5.74) is 4.56. The van der Waals surface area contributed by atoms with Crippen molar-refractivity contribution in [3.05, 3.63) is 17.5 Å². The van der Waals surface area contributed by atoms with Gasteiger partial charge in [0.05, 0.1) is 12.8 Å². The van der Waals surface area contributed by atoms with E-state index >= 15 is 0 Å². The fourth-order valence-electron chi connectivity index (χ4n) is 1.92. The minimum Gasteiger partial charge on any atom is -0.467 e. The number of hydrazine groups is 1. The summed E-state index contributed by atoms with van der Waals surface area (Å²) < 4.78 is 6.96. The number of anilines is 2. The van der Waals surface area contributed by atoms with Crippen LogP contribution < -0.4 is 21.3 Å². The first kappa shape index (κ1) is 15.0. The Balaban J connectivity index is 1.87. The third-order valence-electron chi connectivity index (χ3n) is 2.86. The molecule has 0 aliphatic rings. The second-order valence-corrected chi connectivity index (χ2v) is 4.54. The molecule has 9 nitrogen and oxygen atoms in total. The van der Waals surface area contributed by atoms with Crippen LogP contribution >= 0.6 is 0 Å². The summed E-state index contributed by atoms with van der Waals surface area (Å²) in [6.45, 7) is 5.57. The molecule has 0 atom stereocenters. The van der Waals surface area contributed by atoms with Crippen molar-refractivity contribution >= 4 is 11.9 Å². The van der Waals surface area contributed by atoms with E-state index in [0.717, 1.165) is 24.4 Å². The summed E-state index contributed by atoms with van der Waals surface area (Å²) in [6.07, 6.45) is 0.890. The molecule has 0 fully saturated rings. The normalized spacial score (nSPS) is 10.5. The van der Waals surface area contributed by atoms with Crippen molar-refractivity contribution in [1.82, 2.24) is 24.7 Å². The van der Waals surface area contributed by atoms with E-state index in [2.05, 4.69) is 36.9 Å². The van der Waals surface area contributed by atoms with Gasteiger partial charge in [-0.15, -0.1) is 0 Å². The monoisotopic (exact) mass is 292 g/mol. The fourth-order valence-corrected chi connectivity index (χ4v) is 1.92. The molecule has 0 bridgehead atoms. The Bertz CT molecular complexity index is 575. The van der Waals surface area contributed by atoms with Gasteiger partial charge in [0.15, 0.2) is 0 Å². The number of hydrogen-bond donors (Lipinski definition) is 3. The zero-order chi connectivity index (χ0) is 15.2. The first-order valence-electron chi connectivity index (χ1n) is 6.64. The van der Waals surface area contributed by atoms with Gasteiger partial charge in [-0.25, -0.2) is 5.84 Å². The number of hydrogen-bond acceptors (Lipinski definition) is 8. The van der Waals surface area contributed by atoms with Gasteiger partial charge in [-0.2, -0.15) is 20.1 Å². The number of aromatic nitrogens is 5. The van der Waals surface area contributed by atoms with Crippen LogP contribution in [0.5, 0.6) is 6.01 Å². The van der Waals surface area contributed by atoms with E-state index in [1.165, 1.54) is 7.11 Å². The molecule has 0 amide bonds. The molecular formula is C12H20N8O. The van der Waals surface area contributed by atoms with Crippen LogP contribution in [0.2, 0.25) is 0 Å². The molecule has 0 unspecified atom stereocenters. The van der Waals surface area contributed by atoms with Crippen LogP contribution in [0.4, 0.5) is 11.9 Å². The molecule has 0 aliphatic heterocycles. The Kier molecular flexibility index (Phi) is 4.88. The molecule has 2 rings (SSSR count). The first-order valence-corrected chi connectivity index (χ1v) is 6.64. The van der Waals surface area contributed by atoms with Crippen molar-refractivity contribution in [3.63, 3.8) is 0 Å². The van der Waals surface area contributed by atoms with Crippen LogP contribution in [-0.4, -0.2) is 38.4 Å². The van der Waals surface area contributed by atoms with E-state index in [4.69, 9.17) is 10.6 Å². The summed E-state index contributed by atoms with van der Waals surface area (Å²) in [6, 6.07) is 2.27. The molecule has 2 aromatic rings. The van der Waals surface area contributed by atoms with E-state index in [1.807, 2.05) is 18.5 Å². The second-order valence-electron chi connectivity index (χ2n) is 4.54. The lowest BCUT2D eigenvalue weighted by Crippen LogP contribution is -2.15. The third-order valence-corrected chi connectivity index (χ3v) is 2.86. The SMILES string of the molecule is COc1nc(NN)nc(NCCCn2nc(C)cc2C)n1. The molecule has 0 aromatic carbocycles. The number of aryl methyl sites for hydroxylation is 3. The van der Waals surface area contributed by atoms with Crippen molar-refractivity contribution in [1.29, 1.82) is 0 Å². The summed E-state index contributed by atoms with van der Waals surface area (Å²) in [5.74, 6) is 5.97. The molecule has 9 heteroatoms. The standard InChI is InChI=1S/C12H20N8O/c1-8-7-9(2)20(19-8)6-4-5-14-10-15-11(18-13)17-12(16-10)21-3/h7H,4-6,13H2,1-3H3,(H2,14,15,16,17,18). The van der Waals surface area contributed by atoms with Gasteiger partial charge in [0, 0.05) is 18.8 Å². The average molecular weight is 292 g/mol. The Morgan fingerprint density at radius 3 is 2.62 bits per heavy atom. The van der Waals surface area contributed by atoms with Crippen molar-refractivity contribution in [2.75, 3.05) is 24.4 Å². The van der Waals surface area contributed by atoms with Gasteiger partial charge < -0.3 is 10.1 Å². The zero-order valence-electron chi connectivity index (χ0n) is 12.4. The van der Waals surface area contributed by atoms with E-state index in [-0.39, 0.29) is 12.0 Å². The van der Waals surface area contributed by atoms with Crippen LogP contribution in [0, 0.1) is 13.8 Å². The number of nitrogens with zero attached hydrogens (tertiary/aromatic N) is 5. The maximum atomic E-state index is 5.29. The van der Waals surface area contributed by atoms with Gasteiger partial charge >= 0.3 is 6.01 Å². The second kappa shape index (κ2) is 6.84. The average Bonchev–Trinajstić information content (AvgIpc) is 2.81. The van der Waals surface area contributed by atoms with Crippen molar-refractivity contribution in [3.8, 4) is 6.01 Å². The highest BCUT2D eigenvalue weighted by Crippen LogP contribution is 2.10. The van der Waals surface area contributed by atoms with Crippen LogP contribution in [-0.2, 0) is 6.54 Å². The molecule has 0 saturated carbocycles. The molecular weight excluding hydrogens is 272 g/mol.